The van der Waals surface area contributed by atoms with Gasteiger partial charge >= 0.3 is 0 Å². The van der Waals surface area contributed by atoms with E-state index in [4.69, 9.17) is 9.47 Å². The number of ether oxygens (including phenoxy) is 2. The molecule has 1 fully saturated rings. The molecule has 1 amide bonds. The molecule has 25 heavy (non-hydrogen) atoms. The number of carbonyl (C=O) groups is 1. The Hall–Kier alpha value is -1.43. The van der Waals surface area contributed by atoms with Gasteiger partial charge in [0.05, 0.1) is 19.8 Å². The Morgan fingerprint density at radius 2 is 1.76 bits per heavy atom. The number of hydrogen-bond donors (Lipinski definition) is 1. The molecule has 5 nitrogen and oxygen atoms in total. The highest BCUT2D eigenvalue weighted by Gasteiger charge is 2.12. The van der Waals surface area contributed by atoms with Crippen molar-refractivity contribution in [2.75, 3.05) is 40.0 Å². The summed E-state index contributed by atoms with van der Waals surface area (Å²) >= 11 is 0. The molecule has 1 N–H and O–H groups in total. The number of nitrogens with zero attached hydrogens (tertiary/aromatic N) is 1. The van der Waals surface area contributed by atoms with Crippen LogP contribution in [-0.4, -0.2) is 50.8 Å². The monoisotopic (exact) mass is 348 g/mol. The molecule has 1 aromatic rings. The summed E-state index contributed by atoms with van der Waals surface area (Å²) in [5.41, 5.74) is 2.53. The third kappa shape index (κ3) is 7.99. The molecule has 0 atom stereocenters. The van der Waals surface area contributed by atoms with Gasteiger partial charge in [0, 0.05) is 26.6 Å². The van der Waals surface area contributed by atoms with E-state index in [9.17, 15) is 4.79 Å². The highest BCUT2D eigenvalue weighted by atomic mass is 16.5. The van der Waals surface area contributed by atoms with Gasteiger partial charge in [0.25, 0.3) is 0 Å². The Morgan fingerprint density at radius 3 is 2.48 bits per heavy atom. The molecule has 0 bridgehead atoms. The summed E-state index contributed by atoms with van der Waals surface area (Å²) in [6.07, 6.45) is 5.67. The first-order valence-corrected chi connectivity index (χ1v) is 9.42. The second kappa shape index (κ2) is 12.0. The fraction of sp³-hybridized carbons (Fsp3) is 0.650. The fourth-order valence-electron chi connectivity index (χ4n) is 3.11. The van der Waals surface area contributed by atoms with Gasteiger partial charge in [-0.15, -0.1) is 0 Å². The first kappa shape index (κ1) is 19.9. The van der Waals surface area contributed by atoms with Crippen molar-refractivity contribution >= 4 is 5.91 Å². The van der Waals surface area contributed by atoms with Crippen LogP contribution in [0.1, 0.15) is 43.2 Å². The summed E-state index contributed by atoms with van der Waals surface area (Å²) in [5.74, 6) is 0.0296. The first-order valence-electron chi connectivity index (χ1n) is 9.42. The number of nitrogens with one attached hydrogen (secondary N) is 1. The number of benzene rings is 1. The van der Waals surface area contributed by atoms with Crippen molar-refractivity contribution in [3.63, 3.8) is 0 Å². The van der Waals surface area contributed by atoms with Crippen LogP contribution < -0.4 is 5.32 Å². The van der Waals surface area contributed by atoms with Gasteiger partial charge in [-0.05, 0) is 37.1 Å². The minimum absolute atomic E-state index is 0.0296. The van der Waals surface area contributed by atoms with Crippen molar-refractivity contribution < 1.29 is 14.3 Å². The van der Waals surface area contributed by atoms with Gasteiger partial charge in [0.15, 0.2) is 0 Å². The lowest BCUT2D eigenvalue weighted by molar-refractivity contribution is -0.122. The van der Waals surface area contributed by atoms with Crippen molar-refractivity contribution in [3.8, 4) is 0 Å². The zero-order valence-corrected chi connectivity index (χ0v) is 15.5. The maximum absolute atomic E-state index is 12.0. The number of likely N-dealkylation sites (tertiary alicyclic amines) is 1. The molecule has 0 radical (unpaired) electrons. The molecule has 1 saturated heterocycles. The quantitative estimate of drug-likeness (QED) is 0.661. The van der Waals surface area contributed by atoms with Crippen LogP contribution >= 0.6 is 0 Å². The highest BCUT2D eigenvalue weighted by molar-refractivity contribution is 5.75. The maximum Gasteiger partial charge on any atom is 0.222 e. The molecule has 140 valence electrons. The molecular weight excluding hydrogens is 316 g/mol. The van der Waals surface area contributed by atoms with Crippen LogP contribution in [0, 0.1) is 0 Å². The van der Waals surface area contributed by atoms with Gasteiger partial charge in [-0.1, -0.05) is 37.1 Å². The van der Waals surface area contributed by atoms with E-state index in [-0.39, 0.29) is 5.91 Å². The van der Waals surface area contributed by atoms with Gasteiger partial charge in [-0.2, -0.15) is 0 Å². The van der Waals surface area contributed by atoms with Crippen LogP contribution in [0.3, 0.4) is 0 Å². The van der Waals surface area contributed by atoms with E-state index in [1.807, 2.05) is 6.07 Å². The third-order valence-electron chi connectivity index (χ3n) is 4.59. The molecule has 0 aliphatic carbocycles. The molecule has 1 aliphatic rings. The van der Waals surface area contributed by atoms with E-state index in [0.717, 1.165) is 6.54 Å². The van der Waals surface area contributed by atoms with Crippen LogP contribution in [0.4, 0.5) is 0 Å². The number of hydrogen-bond acceptors (Lipinski definition) is 4. The summed E-state index contributed by atoms with van der Waals surface area (Å²) in [7, 11) is 1.64. The molecule has 2 rings (SSSR count). The number of carbonyl (C=O) groups excluding carboxylic acids is 1. The van der Waals surface area contributed by atoms with Gasteiger partial charge in [-0.25, -0.2) is 0 Å². The van der Waals surface area contributed by atoms with E-state index < -0.39 is 0 Å². The summed E-state index contributed by atoms with van der Waals surface area (Å²) in [4.78, 5) is 14.5. The Kier molecular flexibility index (Phi) is 9.55. The van der Waals surface area contributed by atoms with Gasteiger partial charge < -0.3 is 14.8 Å². The van der Waals surface area contributed by atoms with Crippen LogP contribution in [0.2, 0.25) is 0 Å². The van der Waals surface area contributed by atoms with Crippen LogP contribution in [-0.2, 0) is 27.4 Å². The van der Waals surface area contributed by atoms with Gasteiger partial charge in [-0.3, -0.25) is 9.69 Å². The average Bonchev–Trinajstić information content (AvgIpc) is 2.89. The second-order valence-electron chi connectivity index (χ2n) is 6.59. The predicted molar refractivity (Wildman–Crippen MR) is 99.3 cm³/mol. The summed E-state index contributed by atoms with van der Waals surface area (Å²) in [5, 5.41) is 3.01. The standard InChI is InChI=1S/C20H32N2O3/c1-24-14-15-25-13-10-20(23)21-16-18-8-4-5-9-19(18)17-22-11-6-2-3-7-12-22/h4-5,8-9H,2-3,6-7,10-17H2,1H3,(H,21,23). The topological polar surface area (TPSA) is 50.8 Å². The average molecular weight is 348 g/mol. The third-order valence-corrected chi connectivity index (χ3v) is 4.59. The molecule has 0 spiro atoms. The zero-order chi connectivity index (χ0) is 17.7. The van der Waals surface area contributed by atoms with E-state index in [1.54, 1.807) is 7.11 Å². The van der Waals surface area contributed by atoms with Crippen molar-refractivity contribution in [2.24, 2.45) is 0 Å². The molecule has 0 unspecified atom stereocenters. The lowest BCUT2D eigenvalue weighted by atomic mass is 10.1. The minimum atomic E-state index is 0.0296. The largest absolute Gasteiger partial charge is 0.382 e. The Bertz CT molecular complexity index is 499. The molecule has 5 heteroatoms. The number of amides is 1. The van der Waals surface area contributed by atoms with E-state index in [0.29, 0.717) is 32.8 Å². The van der Waals surface area contributed by atoms with Gasteiger partial charge in [0.1, 0.15) is 0 Å². The van der Waals surface area contributed by atoms with Crippen molar-refractivity contribution in [2.45, 2.75) is 45.2 Å². The number of methoxy groups -OCH3 is 1. The normalized spacial score (nSPS) is 15.7. The Labute approximate surface area is 151 Å². The molecule has 1 heterocycles. The van der Waals surface area contributed by atoms with Crippen LogP contribution in [0.15, 0.2) is 24.3 Å². The second-order valence-corrected chi connectivity index (χ2v) is 6.59. The van der Waals surface area contributed by atoms with Crippen LogP contribution in [0.5, 0.6) is 0 Å². The summed E-state index contributed by atoms with van der Waals surface area (Å²) < 4.78 is 10.2. The minimum Gasteiger partial charge on any atom is -0.382 e. The molecule has 0 aromatic heterocycles. The first-order chi connectivity index (χ1) is 12.3. The molecule has 0 saturated carbocycles. The number of rotatable bonds is 10. The zero-order valence-electron chi connectivity index (χ0n) is 15.5. The fourth-order valence-corrected chi connectivity index (χ4v) is 3.11. The van der Waals surface area contributed by atoms with E-state index in [1.165, 1.54) is 49.9 Å². The van der Waals surface area contributed by atoms with E-state index >= 15 is 0 Å². The Balaban J connectivity index is 1.76. The molecule has 1 aromatic carbocycles. The summed E-state index contributed by atoms with van der Waals surface area (Å²) in [6.45, 7) is 5.45. The van der Waals surface area contributed by atoms with Crippen LogP contribution in [0.25, 0.3) is 0 Å². The van der Waals surface area contributed by atoms with Gasteiger partial charge in [0.2, 0.25) is 5.91 Å². The molecular formula is C20H32N2O3. The van der Waals surface area contributed by atoms with E-state index in [2.05, 4.69) is 28.4 Å². The highest BCUT2D eigenvalue weighted by Crippen LogP contribution is 2.16. The summed E-state index contributed by atoms with van der Waals surface area (Å²) in [6, 6.07) is 8.42. The Morgan fingerprint density at radius 1 is 1.04 bits per heavy atom. The maximum atomic E-state index is 12.0. The lowest BCUT2D eigenvalue weighted by Crippen LogP contribution is -2.27. The molecule has 1 aliphatic heterocycles. The SMILES string of the molecule is COCCOCCC(=O)NCc1ccccc1CN1CCCCCC1. The lowest BCUT2D eigenvalue weighted by Gasteiger charge is -2.21. The van der Waals surface area contributed by atoms with Crippen molar-refractivity contribution in [1.29, 1.82) is 0 Å². The van der Waals surface area contributed by atoms with Crippen molar-refractivity contribution in [1.82, 2.24) is 10.2 Å². The van der Waals surface area contributed by atoms with Crippen molar-refractivity contribution in [3.05, 3.63) is 35.4 Å². The predicted octanol–water partition coefficient (Wildman–Crippen LogP) is 2.73. The smallest absolute Gasteiger partial charge is 0.222 e.